The Kier molecular flexibility index (Phi) is 10.7. The summed E-state index contributed by atoms with van der Waals surface area (Å²) in [6.45, 7) is 6.21. The highest BCUT2D eigenvalue weighted by Gasteiger charge is 2.03. The van der Waals surface area contributed by atoms with Gasteiger partial charge in [-0.05, 0) is 24.8 Å². The molecule has 0 heterocycles. The highest BCUT2D eigenvalue weighted by Crippen LogP contribution is 2.03. The van der Waals surface area contributed by atoms with Crippen molar-refractivity contribution in [3.05, 3.63) is 24.5 Å². The first-order chi connectivity index (χ1) is 8.16. The average Bonchev–Trinajstić information content (AvgIpc) is 2.26. The van der Waals surface area contributed by atoms with Crippen LogP contribution in [-0.4, -0.2) is 5.97 Å². The Labute approximate surface area is 106 Å². The molecule has 0 spiro atoms. The molecule has 0 unspecified atom stereocenters. The van der Waals surface area contributed by atoms with Gasteiger partial charge in [0.25, 0.3) is 0 Å². The Morgan fingerprint density at radius 3 is 2.59 bits per heavy atom. The Hall–Kier alpha value is -1.05. The van der Waals surface area contributed by atoms with Gasteiger partial charge in [0.2, 0.25) is 0 Å². The minimum atomic E-state index is -0.160. The summed E-state index contributed by atoms with van der Waals surface area (Å²) in [4.78, 5) is 11.2. The van der Waals surface area contributed by atoms with Crippen molar-refractivity contribution in [3.8, 4) is 0 Å². The van der Waals surface area contributed by atoms with Crippen LogP contribution >= 0.6 is 0 Å². The number of hydrogen-bond acceptors (Lipinski definition) is 2. The molecule has 0 saturated carbocycles. The van der Waals surface area contributed by atoms with Gasteiger partial charge in [0, 0.05) is 6.42 Å². The molecule has 0 aromatic carbocycles. The molecule has 0 aliphatic carbocycles. The van der Waals surface area contributed by atoms with Gasteiger partial charge in [-0.3, -0.25) is 4.79 Å². The van der Waals surface area contributed by atoms with Crippen LogP contribution in [0.3, 0.4) is 0 Å². The molecule has 0 aliphatic heterocycles. The molecule has 98 valence electrons. The van der Waals surface area contributed by atoms with Crippen LogP contribution in [0.15, 0.2) is 24.5 Å². The second-order valence-electron chi connectivity index (χ2n) is 4.69. The molecule has 0 radical (unpaired) electrons. The molecule has 0 aliphatic rings. The molecule has 0 saturated heterocycles. The summed E-state index contributed by atoms with van der Waals surface area (Å²) in [6, 6.07) is 0. The first-order valence-corrected chi connectivity index (χ1v) is 6.68. The van der Waals surface area contributed by atoms with E-state index < -0.39 is 0 Å². The molecular weight excluding hydrogens is 212 g/mol. The molecule has 2 nitrogen and oxygen atoms in total. The Bertz CT molecular complexity index is 239. The van der Waals surface area contributed by atoms with Gasteiger partial charge >= 0.3 is 5.97 Å². The van der Waals surface area contributed by atoms with E-state index in [4.69, 9.17) is 4.74 Å². The van der Waals surface area contributed by atoms with E-state index in [0.29, 0.717) is 12.3 Å². The number of hydrogen-bond donors (Lipinski definition) is 0. The zero-order valence-electron chi connectivity index (χ0n) is 11.4. The Morgan fingerprint density at radius 1 is 1.18 bits per heavy atom. The van der Waals surface area contributed by atoms with Crippen molar-refractivity contribution in [1.82, 2.24) is 0 Å². The lowest BCUT2D eigenvalue weighted by Gasteiger charge is -2.00. The molecule has 0 fully saturated rings. The number of esters is 1. The number of ether oxygens (including phenoxy) is 1. The first-order valence-electron chi connectivity index (χ1n) is 6.68. The Morgan fingerprint density at radius 2 is 1.94 bits per heavy atom. The van der Waals surface area contributed by atoms with E-state index in [1.807, 2.05) is 19.9 Å². The third-order valence-electron chi connectivity index (χ3n) is 2.32. The van der Waals surface area contributed by atoms with Gasteiger partial charge < -0.3 is 4.74 Å². The number of carbonyl (C=O) groups is 1. The van der Waals surface area contributed by atoms with Gasteiger partial charge in [0.05, 0.1) is 6.26 Å². The SMILES string of the molecule is CCCCCCC=CC=COC(=O)CC(C)C. The fourth-order valence-corrected chi connectivity index (χ4v) is 1.41. The maximum absolute atomic E-state index is 11.2. The fourth-order valence-electron chi connectivity index (χ4n) is 1.41. The molecule has 0 aromatic heterocycles. The summed E-state index contributed by atoms with van der Waals surface area (Å²) in [5.41, 5.74) is 0. The number of unbranched alkanes of at least 4 members (excludes halogenated alkanes) is 4. The number of carbonyl (C=O) groups excluding carboxylic acids is 1. The summed E-state index contributed by atoms with van der Waals surface area (Å²) in [5, 5.41) is 0. The predicted octanol–water partition coefficient (Wildman–Crippen LogP) is 4.62. The lowest BCUT2D eigenvalue weighted by atomic mass is 10.1. The normalized spacial score (nSPS) is 11.8. The molecule has 0 amide bonds. The van der Waals surface area contributed by atoms with E-state index in [9.17, 15) is 4.79 Å². The zero-order chi connectivity index (χ0) is 12.9. The summed E-state index contributed by atoms with van der Waals surface area (Å²) in [6.07, 6.45) is 14.0. The fraction of sp³-hybridized carbons (Fsp3) is 0.667. The van der Waals surface area contributed by atoms with Crippen LogP contribution in [0, 0.1) is 5.92 Å². The van der Waals surface area contributed by atoms with Crippen LogP contribution in [0.25, 0.3) is 0 Å². The van der Waals surface area contributed by atoms with Crippen LogP contribution in [0.2, 0.25) is 0 Å². The van der Waals surface area contributed by atoms with E-state index in [1.165, 1.54) is 31.9 Å². The maximum atomic E-state index is 11.2. The lowest BCUT2D eigenvalue weighted by molar-refractivity contribution is -0.138. The van der Waals surface area contributed by atoms with E-state index >= 15 is 0 Å². The minimum absolute atomic E-state index is 0.160. The maximum Gasteiger partial charge on any atom is 0.310 e. The highest BCUT2D eigenvalue weighted by atomic mass is 16.5. The number of allylic oxidation sites excluding steroid dienone is 3. The van der Waals surface area contributed by atoms with Gasteiger partial charge in [-0.2, -0.15) is 0 Å². The van der Waals surface area contributed by atoms with Gasteiger partial charge in [0.15, 0.2) is 0 Å². The molecule has 17 heavy (non-hydrogen) atoms. The minimum Gasteiger partial charge on any atom is -0.434 e. The van der Waals surface area contributed by atoms with Crippen LogP contribution in [-0.2, 0) is 9.53 Å². The highest BCUT2D eigenvalue weighted by molar-refractivity contribution is 5.70. The van der Waals surface area contributed by atoms with E-state index in [2.05, 4.69) is 13.0 Å². The average molecular weight is 238 g/mol. The van der Waals surface area contributed by atoms with Crippen LogP contribution in [0.4, 0.5) is 0 Å². The van der Waals surface area contributed by atoms with Crippen molar-refractivity contribution in [1.29, 1.82) is 0 Å². The van der Waals surface area contributed by atoms with E-state index in [0.717, 1.165) is 6.42 Å². The van der Waals surface area contributed by atoms with Crippen molar-refractivity contribution in [2.24, 2.45) is 5.92 Å². The third kappa shape index (κ3) is 12.9. The third-order valence-corrected chi connectivity index (χ3v) is 2.32. The number of rotatable bonds is 9. The summed E-state index contributed by atoms with van der Waals surface area (Å²) >= 11 is 0. The molecule has 0 bridgehead atoms. The van der Waals surface area contributed by atoms with Crippen molar-refractivity contribution in [2.75, 3.05) is 0 Å². The van der Waals surface area contributed by atoms with E-state index in [1.54, 1.807) is 6.08 Å². The second kappa shape index (κ2) is 11.4. The molecule has 0 N–H and O–H groups in total. The van der Waals surface area contributed by atoms with Crippen LogP contribution < -0.4 is 0 Å². The summed E-state index contributed by atoms with van der Waals surface area (Å²) in [7, 11) is 0. The summed E-state index contributed by atoms with van der Waals surface area (Å²) in [5.74, 6) is 0.192. The molecule has 0 atom stereocenters. The van der Waals surface area contributed by atoms with Gasteiger partial charge in [-0.1, -0.05) is 52.2 Å². The van der Waals surface area contributed by atoms with Crippen LogP contribution in [0.5, 0.6) is 0 Å². The summed E-state index contributed by atoms with van der Waals surface area (Å²) < 4.78 is 4.93. The topological polar surface area (TPSA) is 26.3 Å². The van der Waals surface area contributed by atoms with Gasteiger partial charge in [-0.15, -0.1) is 0 Å². The van der Waals surface area contributed by atoms with Crippen molar-refractivity contribution < 1.29 is 9.53 Å². The first kappa shape index (κ1) is 16.0. The van der Waals surface area contributed by atoms with Gasteiger partial charge in [-0.25, -0.2) is 0 Å². The standard InChI is InChI=1S/C15H26O2/c1-4-5-6-7-8-9-10-11-12-17-15(16)13-14(2)3/h9-12,14H,4-8,13H2,1-3H3. The van der Waals surface area contributed by atoms with Crippen molar-refractivity contribution in [2.45, 2.75) is 59.3 Å². The monoisotopic (exact) mass is 238 g/mol. The quantitative estimate of drug-likeness (QED) is 0.254. The zero-order valence-corrected chi connectivity index (χ0v) is 11.4. The smallest absolute Gasteiger partial charge is 0.310 e. The van der Waals surface area contributed by atoms with Gasteiger partial charge in [0.1, 0.15) is 0 Å². The molecule has 0 rings (SSSR count). The molecule has 2 heteroatoms. The van der Waals surface area contributed by atoms with Crippen LogP contribution in [0.1, 0.15) is 59.3 Å². The predicted molar refractivity (Wildman–Crippen MR) is 72.6 cm³/mol. The van der Waals surface area contributed by atoms with Crippen molar-refractivity contribution >= 4 is 5.97 Å². The van der Waals surface area contributed by atoms with E-state index in [-0.39, 0.29) is 5.97 Å². The second-order valence-corrected chi connectivity index (χ2v) is 4.69. The largest absolute Gasteiger partial charge is 0.434 e. The van der Waals surface area contributed by atoms with Crippen molar-refractivity contribution in [3.63, 3.8) is 0 Å². The molecular formula is C15H26O2. The lowest BCUT2D eigenvalue weighted by Crippen LogP contribution is -2.03. The Balaban J connectivity index is 3.46. The molecule has 0 aromatic rings.